The number of ether oxygens (including phenoxy) is 1. The molecular weight excluding hydrogens is 335 g/mol. The molecule has 26 heavy (non-hydrogen) atoms. The number of nitrogens with one attached hydrogen (secondary N) is 1. The van der Waals surface area contributed by atoms with Crippen LogP contribution in [0, 0.1) is 5.82 Å². The Morgan fingerprint density at radius 2 is 2.27 bits per heavy atom. The Hall–Kier alpha value is -2.25. The Morgan fingerprint density at radius 3 is 2.96 bits per heavy atom. The Bertz CT molecular complexity index is 762. The van der Waals surface area contributed by atoms with Crippen LogP contribution in [0.1, 0.15) is 36.7 Å². The molecule has 0 radical (unpaired) electrons. The Labute approximate surface area is 152 Å². The van der Waals surface area contributed by atoms with Crippen LogP contribution in [0.2, 0.25) is 0 Å². The number of rotatable bonds is 6. The van der Waals surface area contributed by atoms with E-state index in [1.165, 1.54) is 18.2 Å². The van der Waals surface area contributed by atoms with Crippen molar-refractivity contribution in [3.05, 3.63) is 48.0 Å². The van der Waals surface area contributed by atoms with Crippen molar-refractivity contribution in [3.8, 4) is 0 Å². The first-order valence-electron chi connectivity index (χ1n) is 8.83. The predicted molar refractivity (Wildman–Crippen MR) is 97.7 cm³/mol. The van der Waals surface area contributed by atoms with Gasteiger partial charge in [-0.1, -0.05) is 6.07 Å². The highest BCUT2D eigenvalue weighted by Crippen LogP contribution is 2.29. The molecule has 2 aromatic rings. The van der Waals surface area contributed by atoms with Gasteiger partial charge >= 0.3 is 0 Å². The zero-order valence-corrected chi connectivity index (χ0v) is 15.4. The Balaban J connectivity index is 1.67. The molecule has 0 spiro atoms. The van der Waals surface area contributed by atoms with E-state index in [4.69, 9.17) is 4.74 Å². The predicted octanol–water partition coefficient (Wildman–Crippen LogP) is 2.94. The lowest BCUT2D eigenvalue weighted by Crippen LogP contribution is -2.38. The third-order valence-electron chi connectivity index (χ3n) is 4.78. The van der Waals surface area contributed by atoms with Crippen LogP contribution in [0.5, 0.6) is 0 Å². The van der Waals surface area contributed by atoms with E-state index < -0.39 is 5.82 Å². The zero-order valence-electron chi connectivity index (χ0n) is 15.4. The topological polar surface area (TPSA) is 59.4 Å². The maximum absolute atomic E-state index is 13.3. The average molecular weight is 360 g/mol. The second kappa shape index (κ2) is 7.97. The van der Waals surface area contributed by atoms with Crippen LogP contribution in [-0.4, -0.2) is 52.9 Å². The highest BCUT2D eigenvalue weighted by molar-refractivity contribution is 6.04. The van der Waals surface area contributed by atoms with Crippen LogP contribution in [0.4, 0.5) is 10.1 Å². The number of carbonyl (C=O) groups excluding carboxylic acids is 1. The fourth-order valence-corrected chi connectivity index (χ4v) is 3.53. The highest BCUT2D eigenvalue weighted by atomic mass is 19.1. The van der Waals surface area contributed by atoms with Gasteiger partial charge in [-0.15, -0.1) is 0 Å². The van der Waals surface area contributed by atoms with E-state index in [2.05, 4.69) is 29.2 Å². The summed E-state index contributed by atoms with van der Waals surface area (Å²) < 4.78 is 20.5. The number of benzene rings is 1. The molecule has 1 aromatic carbocycles. The number of hydrogen-bond donors (Lipinski definition) is 1. The second-order valence-electron chi connectivity index (χ2n) is 6.96. The summed E-state index contributed by atoms with van der Waals surface area (Å²) in [4.78, 5) is 14.7. The van der Waals surface area contributed by atoms with Crippen molar-refractivity contribution >= 4 is 11.6 Å². The number of amides is 1. The lowest BCUT2D eigenvalue weighted by atomic mass is 10.2. The van der Waals surface area contributed by atoms with Crippen molar-refractivity contribution < 1.29 is 13.9 Å². The van der Waals surface area contributed by atoms with Gasteiger partial charge in [0.1, 0.15) is 5.82 Å². The van der Waals surface area contributed by atoms with Gasteiger partial charge in [0.25, 0.3) is 5.91 Å². The minimum absolute atomic E-state index is 0.234. The van der Waals surface area contributed by atoms with Gasteiger partial charge in [-0.25, -0.2) is 4.39 Å². The van der Waals surface area contributed by atoms with Crippen LogP contribution < -0.4 is 5.32 Å². The van der Waals surface area contributed by atoms with Gasteiger partial charge in [0, 0.05) is 37.5 Å². The number of aromatic nitrogens is 2. The van der Waals surface area contributed by atoms with E-state index in [1.807, 2.05) is 10.9 Å². The fourth-order valence-electron chi connectivity index (χ4n) is 3.53. The van der Waals surface area contributed by atoms with Crippen molar-refractivity contribution in [2.45, 2.75) is 38.4 Å². The Morgan fingerprint density at radius 1 is 1.46 bits per heavy atom. The van der Waals surface area contributed by atoms with Crippen molar-refractivity contribution in [1.82, 2.24) is 14.7 Å². The summed E-state index contributed by atoms with van der Waals surface area (Å²) in [5, 5.41) is 7.18. The SMILES string of the molecule is COC[C@@H]1C[C@H](n2cc(NC(=O)c3cccc(F)c3)cn2)CN1C(C)C. The number of hydrogen-bond acceptors (Lipinski definition) is 4. The zero-order chi connectivity index (χ0) is 18.7. The standard InChI is InChI=1S/C19H25FN4O2/c1-13(2)23-11-17(8-18(23)12-26-3)24-10-16(9-21-24)22-19(25)14-5-4-6-15(20)7-14/h4-7,9-10,13,17-18H,8,11-12H2,1-3H3,(H,22,25)/t17-,18-/m0/s1. The second-order valence-corrected chi connectivity index (χ2v) is 6.96. The van der Waals surface area contributed by atoms with Crippen molar-refractivity contribution in [2.24, 2.45) is 0 Å². The van der Waals surface area contributed by atoms with E-state index in [9.17, 15) is 9.18 Å². The van der Waals surface area contributed by atoms with E-state index in [0.717, 1.165) is 13.0 Å². The molecule has 2 heterocycles. The van der Waals surface area contributed by atoms with Gasteiger partial charge in [-0.3, -0.25) is 14.4 Å². The van der Waals surface area contributed by atoms with Crippen molar-refractivity contribution in [1.29, 1.82) is 0 Å². The normalized spacial score (nSPS) is 20.7. The molecule has 0 unspecified atom stereocenters. The van der Waals surface area contributed by atoms with Crippen LogP contribution in [0.15, 0.2) is 36.7 Å². The molecule has 3 rings (SSSR count). The quantitative estimate of drug-likeness (QED) is 0.860. The van der Waals surface area contributed by atoms with Gasteiger partial charge in [-0.05, 0) is 38.5 Å². The van der Waals surface area contributed by atoms with Gasteiger partial charge in [0.15, 0.2) is 0 Å². The van der Waals surface area contributed by atoms with Crippen molar-refractivity contribution in [2.75, 3.05) is 25.6 Å². The lowest BCUT2D eigenvalue weighted by Gasteiger charge is -2.27. The molecule has 1 aromatic heterocycles. The van der Waals surface area contributed by atoms with Gasteiger partial charge in [0.2, 0.25) is 0 Å². The minimum atomic E-state index is -0.433. The van der Waals surface area contributed by atoms with Crippen molar-refractivity contribution in [3.63, 3.8) is 0 Å². The van der Waals surface area contributed by atoms with Crippen LogP contribution in [0.3, 0.4) is 0 Å². The molecular formula is C19H25FN4O2. The number of likely N-dealkylation sites (tertiary alicyclic amines) is 1. The largest absolute Gasteiger partial charge is 0.383 e. The van der Waals surface area contributed by atoms with Gasteiger partial charge in [0.05, 0.1) is 24.5 Å². The van der Waals surface area contributed by atoms with Gasteiger partial charge in [-0.2, -0.15) is 5.10 Å². The van der Waals surface area contributed by atoms with E-state index in [1.54, 1.807) is 19.4 Å². The summed E-state index contributed by atoms with van der Waals surface area (Å²) in [7, 11) is 1.72. The molecule has 0 saturated carbocycles. The Kier molecular flexibility index (Phi) is 5.68. The molecule has 1 fully saturated rings. The summed E-state index contributed by atoms with van der Waals surface area (Å²) in [6.45, 7) is 5.95. The van der Waals surface area contributed by atoms with Crippen LogP contribution in [0.25, 0.3) is 0 Å². The number of halogens is 1. The molecule has 0 aliphatic carbocycles. The number of anilines is 1. The summed E-state index contributed by atoms with van der Waals surface area (Å²) in [5.41, 5.74) is 0.885. The van der Waals surface area contributed by atoms with Gasteiger partial charge < -0.3 is 10.1 Å². The molecule has 1 saturated heterocycles. The molecule has 7 heteroatoms. The molecule has 0 bridgehead atoms. The smallest absolute Gasteiger partial charge is 0.255 e. The summed E-state index contributed by atoms with van der Waals surface area (Å²) in [6, 6.07) is 6.65. The fraction of sp³-hybridized carbons (Fsp3) is 0.474. The lowest BCUT2D eigenvalue weighted by molar-refractivity contribution is 0.0982. The number of methoxy groups -OCH3 is 1. The average Bonchev–Trinajstić information content (AvgIpc) is 3.22. The molecule has 1 aliphatic heterocycles. The highest BCUT2D eigenvalue weighted by Gasteiger charge is 2.34. The van der Waals surface area contributed by atoms with Crippen LogP contribution in [-0.2, 0) is 4.74 Å². The van der Waals surface area contributed by atoms with E-state index in [0.29, 0.717) is 24.4 Å². The first kappa shape index (κ1) is 18.5. The maximum atomic E-state index is 13.3. The third-order valence-corrected chi connectivity index (χ3v) is 4.78. The first-order valence-corrected chi connectivity index (χ1v) is 8.83. The molecule has 140 valence electrons. The first-order chi connectivity index (χ1) is 12.5. The summed E-state index contributed by atoms with van der Waals surface area (Å²) >= 11 is 0. The number of nitrogens with zero attached hydrogens (tertiary/aromatic N) is 3. The molecule has 1 aliphatic rings. The molecule has 6 nitrogen and oxygen atoms in total. The maximum Gasteiger partial charge on any atom is 0.255 e. The van der Waals surface area contributed by atoms with Crippen LogP contribution >= 0.6 is 0 Å². The van der Waals surface area contributed by atoms with E-state index >= 15 is 0 Å². The molecule has 2 atom stereocenters. The minimum Gasteiger partial charge on any atom is -0.383 e. The summed E-state index contributed by atoms with van der Waals surface area (Å²) in [5.74, 6) is -0.784. The summed E-state index contributed by atoms with van der Waals surface area (Å²) in [6.07, 6.45) is 4.40. The molecule has 1 N–H and O–H groups in total. The van der Waals surface area contributed by atoms with E-state index in [-0.39, 0.29) is 17.5 Å². The number of carbonyl (C=O) groups is 1. The third kappa shape index (κ3) is 4.11. The monoisotopic (exact) mass is 360 g/mol. The molecule has 1 amide bonds.